The Labute approximate surface area is 158 Å². The molecule has 140 valence electrons. The Kier molecular flexibility index (Phi) is 7.31. The van der Waals surface area contributed by atoms with Gasteiger partial charge in [-0.1, -0.05) is 24.8 Å². The molecule has 0 spiro atoms. The minimum absolute atomic E-state index is 0.217. The van der Waals surface area contributed by atoms with Crippen molar-refractivity contribution in [3.8, 4) is 0 Å². The summed E-state index contributed by atoms with van der Waals surface area (Å²) >= 11 is 0. The van der Waals surface area contributed by atoms with Crippen LogP contribution in [0, 0.1) is 12.7 Å². The lowest BCUT2D eigenvalue weighted by atomic mass is 10.2. The summed E-state index contributed by atoms with van der Waals surface area (Å²) in [5, 5.41) is 5.83. The minimum Gasteiger partial charge on any atom is -0.504 e. The van der Waals surface area contributed by atoms with Crippen molar-refractivity contribution < 1.29 is 13.9 Å². The number of hydrogen-bond donors (Lipinski definition) is 2. The van der Waals surface area contributed by atoms with Crippen molar-refractivity contribution in [1.82, 2.24) is 4.98 Å². The van der Waals surface area contributed by atoms with E-state index < -0.39 is 5.91 Å². The van der Waals surface area contributed by atoms with E-state index in [-0.39, 0.29) is 11.5 Å². The molecule has 0 unspecified atom stereocenters. The summed E-state index contributed by atoms with van der Waals surface area (Å²) < 4.78 is 18.5. The molecule has 1 aromatic carbocycles. The van der Waals surface area contributed by atoms with Gasteiger partial charge < -0.3 is 15.4 Å². The van der Waals surface area contributed by atoms with Crippen molar-refractivity contribution in [3.05, 3.63) is 90.2 Å². The van der Waals surface area contributed by atoms with Crippen molar-refractivity contribution in [3.63, 3.8) is 0 Å². The van der Waals surface area contributed by atoms with E-state index in [0.29, 0.717) is 23.5 Å². The molecule has 6 heteroatoms. The van der Waals surface area contributed by atoms with Gasteiger partial charge in [0.2, 0.25) is 0 Å². The maximum Gasteiger partial charge on any atom is 0.276 e. The van der Waals surface area contributed by atoms with Crippen LogP contribution >= 0.6 is 0 Å². The van der Waals surface area contributed by atoms with Gasteiger partial charge in [-0.25, -0.2) is 9.37 Å². The molecule has 2 aromatic rings. The SMILES string of the molecule is C=C/C(=C\C=C\OC)CNc1cccnc1C(=O)Nc1ccc(C)c(F)c1. The number of aryl methyl sites for hydroxylation is 1. The van der Waals surface area contributed by atoms with Crippen molar-refractivity contribution >= 4 is 17.3 Å². The fourth-order valence-electron chi connectivity index (χ4n) is 2.23. The van der Waals surface area contributed by atoms with E-state index in [9.17, 15) is 9.18 Å². The summed E-state index contributed by atoms with van der Waals surface area (Å²) in [7, 11) is 1.57. The number of nitrogens with zero attached hydrogens (tertiary/aromatic N) is 1. The van der Waals surface area contributed by atoms with E-state index in [4.69, 9.17) is 4.74 Å². The highest BCUT2D eigenvalue weighted by atomic mass is 19.1. The van der Waals surface area contributed by atoms with Gasteiger partial charge in [-0.2, -0.15) is 0 Å². The number of halogens is 1. The zero-order chi connectivity index (χ0) is 19.6. The molecular weight excluding hydrogens is 345 g/mol. The monoisotopic (exact) mass is 367 g/mol. The highest BCUT2D eigenvalue weighted by Gasteiger charge is 2.13. The van der Waals surface area contributed by atoms with Crippen LogP contribution in [0.2, 0.25) is 0 Å². The molecule has 0 saturated carbocycles. The van der Waals surface area contributed by atoms with Crippen LogP contribution in [-0.4, -0.2) is 24.5 Å². The third-order valence-corrected chi connectivity index (χ3v) is 3.72. The second-order valence-corrected chi connectivity index (χ2v) is 5.68. The highest BCUT2D eigenvalue weighted by Crippen LogP contribution is 2.18. The number of aromatic nitrogens is 1. The van der Waals surface area contributed by atoms with E-state index in [1.54, 1.807) is 56.7 Å². The number of nitrogens with one attached hydrogen (secondary N) is 2. The fourth-order valence-corrected chi connectivity index (χ4v) is 2.23. The lowest BCUT2D eigenvalue weighted by Crippen LogP contribution is -2.17. The number of amides is 1. The maximum absolute atomic E-state index is 13.7. The van der Waals surface area contributed by atoms with Crippen LogP contribution < -0.4 is 10.6 Å². The average molecular weight is 367 g/mol. The van der Waals surface area contributed by atoms with Crippen LogP contribution in [0.15, 0.2) is 73.2 Å². The third-order valence-electron chi connectivity index (χ3n) is 3.72. The first-order chi connectivity index (χ1) is 13.0. The van der Waals surface area contributed by atoms with E-state index in [1.807, 2.05) is 6.08 Å². The first-order valence-electron chi connectivity index (χ1n) is 8.32. The molecule has 0 atom stereocenters. The molecule has 0 bridgehead atoms. The van der Waals surface area contributed by atoms with Crippen molar-refractivity contribution in [2.24, 2.45) is 0 Å². The molecule has 0 aliphatic heterocycles. The molecule has 0 radical (unpaired) electrons. The number of anilines is 2. The quantitative estimate of drug-likeness (QED) is 0.534. The summed E-state index contributed by atoms with van der Waals surface area (Å²) in [5.41, 5.74) is 2.56. The molecular formula is C21H22FN3O2. The standard InChI is InChI=1S/C21H22FN3O2/c1-4-16(7-6-12-27-3)14-24-19-8-5-11-23-20(19)21(26)25-17-10-9-15(2)18(22)13-17/h4-13,24H,1,14H2,2-3H3,(H,25,26)/b12-6+,16-7+. The number of methoxy groups -OCH3 is 1. The highest BCUT2D eigenvalue weighted by molar-refractivity contribution is 6.06. The van der Waals surface area contributed by atoms with Gasteiger partial charge in [-0.3, -0.25) is 4.79 Å². The lowest BCUT2D eigenvalue weighted by Gasteiger charge is -2.12. The van der Waals surface area contributed by atoms with Crippen LogP contribution in [0.3, 0.4) is 0 Å². The first kappa shape index (κ1) is 19.9. The number of benzene rings is 1. The molecule has 0 saturated heterocycles. The number of rotatable bonds is 8. The van der Waals surface area contributed by atoms with Crippen LogP contribution in [0.4, 0.5) is 15.8 Å². The normalized spacial score (nSPS) is 11.3. The second kappa shape index (κ2) is 9.91. The van der Waals surface area contributed by atoms with Crippen molar-refractivity contribution in [2.75, 3.05) is 24.3 Å². The fraction of sp³-hybridized carbons (Fsp3) is 0.143. The summed E-state index contributed by atoms with van der Waals surface area (Å²) in [6.45, 7) is 5.88. The van der Waals surface area contributed by atoms with E-state index in [2.05, 4.69) is 22.2 Å². The molecule has 1 heterocycles. The number of ether oxygens (including phenoxy) is 1. The summed E-state index contributed by atoms with van der Waals surface area (Å²) in [6.07, 6.45) is 8.38. The predicted octanol–water partition coefficient (Wildman–Crippen LogP) is 4.47. The summed E-state index contributed by atoms with van der Waals surface area (Å²) in [5.74, 6) is -0.804. The van der Waals surface area contributed by atoms with Gasteiger partial charge in [0.1, 0.15) is 5.82 Å². The number of hydrogen-bond acceptors (Lipinski definition) is 4. The topological polar surface area (TPSA) is 63.2 Å². The zero-order valence-electron chi connectivity index (χ0n) is 15.3. The van der Waals surface area contributed by atoms with Gasteiger partial charge in [-0.15, -0.1) is 0 Å². The molecule has 0 fully saturated rings. The van der Waals surface area contributed by atoms with E-state index >= 15 is 0 Å². The minimum atomic E-state index is -0.426. The zero-order valence-corrected chi connectivity index (χ0v) is 15.3. The Morgan fingerprint density at radius 1 is 1.37 bits per heavy atom. The van der Waals surface area contributed by atoms with Crippen LogP contribution in [-0.2, 0) is 4.74 Å². The van der Waals surface area contributed by atoms with Gasteiger partial charge >= 0.3 is 0 Å². The number of pyridine rings is 1. The molecule has 27 heavy (non-hydrogen) atoms. The largest absolute Gasteiger partial charge is 0.504 e. The second-order valence-electron chi connectivity index (χ2n) is 5.68. The van der Waals surface area contributed by atoms with E-state index in [1.165, 1.54) is 12.3 Å². The molecule has 1 amide bonds. The molecule has 0 aliphatic rings. The molecule has 2 rings (SSSR count). The first-order valence-corrected chi connectivity index (χ1v) is 8.32. The van der Waals surface area contributed by atoms with Crippen LogP contribution in [0.25, 0.3) is 0 Å². The molecule has 2 N–H and O–H groups in total. The Balaban J connectivity index is 2.13. The van der Waals surface area contributed by atoms with E-state index in [0.717, 1.165) is 5.57 Å². The summed E-state index contributed by atoms with van der Waals surface area (Å²) in [4.78, 5) is 16.7. The smallest absolute Gasteiger partial charge is 0.276 e. The van der Waals surface area contributed by atoms with Gasteiger partial charge in [-0.05, 0) is 48.4 Å². The van der Waals surface area contributed by atoms with Gasteiger partial charge in [0.15, 0.2) is 5.69 Å². The van der Waals surface area contributed by atoms with Gasteiger partial charge in [0.05, 0.1) is 19.1 Å². The van der Waals surface area contributed by atoms with Gasteiger partial charge in [0, 0.05) is 18.4 Å². The lowest BCUT2D eigenvalue weighted by molar-refractivity contribution is 0.102. The summed E-state index contributed by atoms with van der Waals surface area (Å²) in [6, 6.07) is 8.02. The average Bonchev–Trinajstić information content (AvgIpc) is 2.67. The molecule has 0 aliphatic carbocycles. The van der Waals surface area contributed by atoms with Gasteiger partial charge in [0.25, 0.3) is 5.91 Å². The Morgan fingerprint density at radius 3 is 2.89 bits per heavy atom. The third kappa shape index (κ3) is 5.81. The molecule has 5 nitrogen and oxygen atoms in total. The van der Waals surface area contributed by atoms with Crippen LogP contribution in [0.5, 0.6) is 0 Å². The predicted molar refractivity (Wildman–Crippen MR) is 106 cm³/mol. The number of carbonyl (C=O) groups excluding carboxylic acids is 1. The number of carbonyl (C=O) groups is 1. The maximum atomic E-state index is 13.7. The van der Waals surface area contributed by atoms with Crippen LogP contribution in [0.1, 0.15) is 16.1 Å². The van der Waals surface area contributed by atoms with Crippen molar-refractivity contribution in [2.45, 2.75) is 6.92 Å². The molecule has 1 aromatic heterocycles. The Morgan fingerprint density at radius 2 is 2.19 bits per heavy atom. The number of allylic oxidation sites excluding steroid dienone is 2. The van der Waals surface area contributed by atoms with Crippen molar-refractivity contribution in [1.29, 1.82) is 0 Å². The Hall–Kier alpha value is -3.41. The Bertz CT molecular complexity index is 875.